The maximum absolute atomic E-state index is 11.8. The van der Waals surface area contributed by atoms with E-state index in [1.54, 1.807) is 29.8 Å². The smallest absolute Gasteiger partial charge is 0.262 e. The van der Waals surface area contributed by atoms with E-state index in [1.807, 2.05) is 19.2 Å². The van der Waals surface area contributed by atoms with Crippen molar-refractivity contribution in [1.82, 2.24) is 4.57 Å². The molecule has 0 aliphatic rings. The minimum Gasteiger partial charge on any atom is -0.478 e. The van der Waals surface area contributed by atoms with Crippen molar-refractivity contribution in [3.8, 4) is 5.75 Å². The number of amides is 1. The highest BCUT2D eigenvalue weighted by atomic mass is 79.9. The number of benzene rings is 1. The molecular formula is C15H15BrN2O3. The van der Waals surface area contributed by atoms with E-state index >= 15 is 0 Å². The summed E-state index contributed by atoms with van der Waals surface area (Å²) in [5.41, 5.74) is 1.11. The highest BCUT2D eigenvalue weighted by Gasteiger charge is 2.10. The summed E-state index contributed by atoms with van der Waals surface area (Å²) in [7, 11) is 1.81. The summed E-state index contributed by atoms with van der Waals surface area (Å²) in [6.07, 6.45) is 1.66. The Hall–Kier alpha value is -2.08. The average Bonchev–Trinajstić information content (AvgIpc) is 2.43. The molecular weight excluding hydrogens is 336 g/mol. The molecule has 1 aromatic carbocycles. The molecule has 110 valence electrons. The number of aromatic nitrogens is 1. The maximum atomic E-state index is 11.8. The number of hydrogen-bond acceptors (Lipinski definition) is 3. The third-order valence-corrected chi connectivity index (χ3v) is 3.48. The topological polar surface area (TPSA) is 60.3 Å². The molecule has 0 spiro atoms. The van der Waals surface area contributed by atoms with Crippen LogP contribution >= 0.6 is 15.9 Å². The van der Waals surface area contributed by atoms with E-state index in [2.05, 4.69) is 21.2 Å². The van der Waals surface area contributed by atoms with Gasteiger partial charge in [0.25, 0.3) is 5.91 Å². The monoisotopic (exact) mass is 350 g/mol. The molecule has 1 N–H and O–H groups in total. The molecule has 0 atom stereocenters. The van der Waals surface area contributed by atoms with Crippen LogP contribution in [-0.2, 0) is 11.8 Å². The lowest BCUT2D eigenvalue weighted by atomic mass is 10.3. The van der Waals surface area contributed by atoms with E-state index in [9.17, 15) is 9.59 Å². The number of ether oxygens (including phenoxy) is 1. The van der Waals surface area contributed by atoms with Crippen LogP contribution in [0.4, 0.5) is 5.69 Å². The lowest BCUT2D eigenvalue weighted by Crippen LogP contribution is -2.23. The molecule has 0 fully saturated rings. The standard InChI is InChI=1S/C15H15BrN2O3/c1-10-15(13(19)6-7-18(10)2)21-9-14(20)17-12-5-3-4-11(16)8-12/h3-8H,9H2,1-2H3,(H,17,20). The highest BCUT2D eigenvalue weighted by Crippen LogP contribution is 2.15. The molecule has 5 nitrogen and oxygen atoms in total. The van der Waals surface area contributed by atoms with Crippen LogP contribution in [0.15, 0.2) is 45.8 Å². The third-order valence-electron chi connectivity index (χ3n) is 2.99. The molecule has 6 heteroatoms. The Kier molecular flexibility index (Phi) is 4.80. The summed E-state index contributed by atoms with van der Waals surface area (Å²) in [6.45, 7) is 1.55. The van der Waals surface area contributed by atoms with Gasteiger partial charge in [0.05, 0.1) is 5.69 Å². The van der Waals surface area contributed by atoms with Gasteiger partial charge in [-0.2, -0.15) is 0 Å². The molecule has 0 aliphatic heterocycles. The van der Waals surface area contributed by atoms with Gasteiger partial charge in [0, 0.05) is 29.5 Å². The van der Waals surface area contributed by atoms with Crippen molar-refractivity contribution in [2.75, 3.05) is 11.9 Å². The van der Waals surface area contributed by atoms with Crippen LogP contribution < -0.4 is 15.5 Å². The summed E-state index contributed by atoms with van der Waals surface area (Å²) < 4.78 is 7.99. The van der Waals surface area contributed by atoms with Gasteiger partial charge in [0.1, 0.15) is 0 Å². The zero-order valence-corrected chi connectivity index (χ0v) is 13.3. The predicted octanol–water partition coefficient (Wildman–Crippen LogP) is 2.47. The van der Waals surface area contributed by atoms with E-state index in [0.29, 0.717) is 11.4 Å². The normalized spacial score (nSPS) is 10.2. The summed E-state index contributed by atoms with van der Waals surface area (Å²) >= 11 is 3.33. The van der Waals surface area contributed by atoms with E-state index in [1.165, 1.54) is 6.07 Å². The lowest BCUT2D eigenvalue weighted by Gasteiger charge is -2.11. The Morgan fingerprint density at radius 3 is 2.86 bits per heavy atom. The summed E-state index contributed by atoms with van der Waals surface area (Å²) in [5, 5.41) is 2.70. The summed E-state index contributed by atoms with van der Waals surface area (Å²) in [6, 6.07) is 8.65. The van der Waals surface area contributed by atoms with Gasteiger partial charge in [-0.25, -0.2) is 0 Å². The van der Waals surface area contributed by atoms with Crippen LogP contribution in [0.1, 0.15) is 5.69 Å². The Morgan fingerprint density at radius 2 is 2.14 bits per heavy atom. The summed E-state index contributed by atoms with van der Waals surface area (Å²) in [4.78, 5) is 23.6. The maximum Gasteiger partial charge on any atom is 0.262 e. The van der Waals surface area contributed by atoms with Crippen molar-refractivity contribution in [3.63, 3.8) is 0 Å². The van der Waals surface area contributed by atoms with Crippen molar-refractivity contribution in [2.24, 2.45) is 7.05 Å². The Balaban J connectivity index is 2.02. The Morgan fingerprint density at radius 1 is 1.38 bits per heavy atom. The van der Waals surface area contributed by atoms with Crippen LogP contribution in [0, 0.1) is 6.92 Å². The molecule has 2 aromatic rings. The van der Waals surface area contributed by atoms with Crippen molar-refractivity contribution in [2.45, 2.75) is 6.92 Å². The minimum absolute atomic E-state index is 0.199. The molecule has 1 amide bonds. The van der Waals surface area contributed by atoms with Gasteiger partial charge in [-0.05, 0) is 25.1 Å². The van der Waals surface area contributed by atoms with Gasteiger partial charge in [-0.1, -0.05) is 22.0 Å². The SMILES string of the molecule is Cc1c(OCC(=O)Nc2cccc(Br)c2)c(=O)ccn1C. The summed E-state index contributed by atoms with van der Waals surface area (Å²) in [5.74, 6) is -0.122. The minimum atomic E-state index is -0.321. The van der Waals surface area contributed by atoms with Gasteiger partial charge < -0.3 is 14.6 Å². The van der Waals surface area contributed by atoms with E-state index in [-0.39, 0.29) is 23.7 Å². The van der Waals surface area contributed by atoms with Crippen molar-refractivity contribution in [3.05, 3.63) is 56.9 Å². The second kappa shape index (κ2) is 6.58. The zero-order chi connectivity index (χ0) is 15.4. The van der Waals surface area contributed by atoms with Gasteiger partial charge in [-0.3, -0.25) is 9.59 Å². The number of nitrogens with zero attached hydrogens (tertiary/aromatic N) is 1. The second-order valence-corrected chi connectivity index (χ2v) is 5.47. The fourth-order valence-electron chi connectivity index (χ4n) is 1.78. The average molecular weight is 351 g/mol. The first-order valence-corrected chi connectivity index (χ1v) is 7.11. The van der Waals surface area contributed by atoms with Gasteiger partial charge in [-0.15, -0.1) is 0 Å². The third kappa shape index (κ3) is 3.95. The van der Waals surface area contributed by atoms with Crippen LogP contribution in [-0.4, -0.2) is 17.1 Å². The van der Waals surface area contributed by atoms with Gasteiger partial charge >= 0.3 is 0 Å². The van der Waals surface area contributed by atoms with Gasteiger partial charge in [0.2, 0.25) is 5.43 Å². The molecule has 0 bridgehead atoms. The van der Waals surface area contributed by atoms with Crippen LogP contribution in [0.25, 0.3) is 0 Å². The molecule has 0 aliphatic carbocycles. The second-order valence-electron chi connectivity index (χ2n) is 4.55. The number of hydrogen-bond donors (Lipinski definition) is 1. The van der Waals surface area contributed by atoms with E-state index in [0.717, 1.165) is 4.47 Å². The predicted molar refractivity (Wildman–Crippen MR) is 84.7 cm³/mol. The Bertz CT molecular complexity index is 725. The van der Waals surface area contributed by atoms with Crippen LogP contribution in [0.5, 0.6) is 5.75 Å². The zero-order valence-electron chi connectivity index (χ0n) is 11.7. The molecule has 2 rings (SSSR count). The molecule has 0 saturated heterocycles. The van der Waals surface area contributed by atoms with Crippen molar-refractivity contribution in [1.29, 1.82) is 0 Å². The first-order chi connectivity index (χ1) is 9.97. The van der Waals surface area contributed by atoms with E-state index in [4.69, 9.17) is 4.74 Å². The number of anilines is 1. The molecule has 21 heavy (non-hydrogen) atoms. The number of nitrogens with one attached hydrogen (secondary N) is 1. The molecule has 0 unspecified atom stereocenters. The number of aryl methyl sites for hydroxylation is 1. The number of carbonyl (C=O) groups is 1. The van der Waals surface area contributed by atoms with E-state index < -0.39 is 0 Å². The molecule has 1 heterocycles. The number of carbonyl (C=O) groups excluding carboxylic acids is 1. The Labute approximate surface area is 130 Å². The lowest BCUT2D eigenvalue weighted by molar-refractivity contribution is -0.118. The van der Waals surface area contributed by atoms with Crippen LogP contribution in [0.3, 0.4) is 0 Å². The van der Waals surface area contributed by atoms with Crippen molar-refractivity contribution >= 4 is 27.5 Å². The molecule has 1 aromatic heterocycles. The number of pyridine rings is 1. The van der Waals surface area contributed by atoms with Crippen LogP contribution in [0.2, 0.25) is 0 Å². The quantitative estimate of drug-likeness (QED) is 0.921. The first kappa shape index (κ1) is 15.3. The first-order valence-electron chi connectivity index (χ1n) is 6.32. The fourth-order valence-corrected chi connectivity index (χ4v) is 2.18. The van der Waals surface area contributed by atoms with Crippen molar-refractivity contribution < 1.29 is 9.53 Å². The highest BCUT2D eigenvalue weighted by molar-refractivity contribution is 9.10. The molecule has 0 saturated carbocycles. The largest absolute Gasteiger partial charge is 0.478 e. The number of rotatable bonds is 4. The molecule has 0 radical (unpaired) electrons. The number of halogens is 1. The van der Waals surface area contributed by atoms with Gasteiger partial charge in [0.15, 0.2) is 12.4 Å². The fraction of sp³-hybridized carbons (Fsp3) is 0.200.